The van der Waals surface area contributed by atoms with Crippen LogP contribution in [0.15, 0.2) is 18.2 Å². The van der Waals surface area contributed by atoms with E-state index < -0.39 is 0 Å². The maximum Gasteiger partial charge on any atom is 0.147 e. The first-order valence-corrected chi connectivity index (χ1v) is 4.85. The highest BCUT2D eigenvalue weighted by atomic mass is 19.1. The van der Waals surface area contributed by atoms with Crippen molar-refractivity contribution in [3.8, 4) is 0 Å². The first-order chi connectivity index (χ1) is 6.86. The Labute approximate surface area is 81.1 Å². The quantitative estimate of drug-likeness (QED) is 0.653. The molecule has 2 heterocycles. The van der Waals surface area contributed by atoms with Crippen LogP contribution < -0.4 is 5.32 Å². The fraction of sp³-hybridized carbons (Fsp3) is 0.273. The molecule has 0 atom stereocenters. The molecule has 0 aliphatic carbocycles. The van der Waals surface area contributed by atoms with Crippen LogP contribution >= 0.6 is 0 Å². The fourth-order valence-electron chi connectivity index (χ4n) is 2.15. The monoisotopic (exact) mass is 190 g/mol. The van der Waals surface area contributed by atoms with Crippen molar-refractivity contribution in [1.29, 1.82) is 0 Å². The van der Waals surface area contributed by atoms with Crippen molar-refractivity contribution in [1.82, 2.24) is 10.3 Å². The standard InChI is InChI=1S/C11H11FN2/c12-9-3-1-2-8-7-4-5-13-6-10(7)14-11(8)9/h1-3,13-14H,4-6H2. The number of nitrogens with one attached hydrogen (secondary N) is 2. The average Bonchev–Trinajstić information content (AvgIpc) is 2.59. The molecule has 1 aromatic carbocycles. The van der Waals surface area contributed by atoms with Gasteiger partial charge in [0.15, 0.2) is 0 Å². The predicted octanol–water partition coefficient (Wildman–Crippen LogP) is 1.95. The second kappa shape index (κ2) is 2.82. The number of fused-ring (bicyclic) bond motifs is 3. The summed E-state index contributed by atoms with van der Waals surface area (Å²) in [5.41, 5.74) is 3.07. The molecule has 1 aliphatic rings. The van der Waals surface area contributed by atoms with Gasteiger partial charge in [-0.05, 0) is 24.6 Å². The molecular formula is C11H11FN2. The smallest absolute Gasteiger partial charge is 0.147 e. The molecule has 2 N–H and O–H groups in total. The summed E-state index contributed by atoms with van der Waals surface area (Å²) in [6, 6.07) is 5.25. The molecule has 3 rings (SSSR count). The number of aromatic nitrogens is 1. The van der Waals surface area contributed by atoms with Gasteiger partial charge in [-0.3, -0.25) is 0 Å². The highest BCUT2D eigenvalue weighted by Gasteiger charge is 2.15. The first kappa shape index (κ1) is 8.00. The average molecular weight is 190 g/mol. The summed E-state index contributed by atoms with van der Waals surface area (Å²) in [6.45, 7) is 1.81. The lowest BCUT2D eigenvalue weighted by Crippen LogP contribution is -2.22. The van der Waals surface area contributed by atoms with Gasteiger partial charge < -0.3 is 10.3 Å². The molecule has 0 saturated carbocycles. The lowest BCUT2D eigenvalue weighted by atomic mass is 10.0. The third-order valence-electron chi connectivity index (χ3n) is 2.83. The second-order valence-electron chi connectivity index (χ2n) is 3.67. The number of para-hydroxylation sites is 1. The topological polar surface area (TPSA) is 27.8 Å². The molecule has 1 aromatic heterocycles. The fourth-order valence-corrected chi connectivity index (χ4v) is 2.15. The zero-order valence-electron chi connectivity index (χ0n) is 7.73. The first-order valence-electron chi connectivity index (χ1n) is 4.85. The molecule has 0 bridgehead atoms. The van der Waals surface area contributed by atoms with Gasteiger partial charge in [-0.25, -0.2) is 4.39 Å². The maximum absolute atomic E-state index is 13.4. The predicted molar refractivity (Wildman–Crippen MR) is 53.7 cm³/mol. The Morgan fingerprint density at radius 2 is 2.21 bits per heavy atom. The van der Waals surface area contributed by atoms with E-state index in [-0.39, 0.29) is 5.82 Å². The Morgan fingerprint density at radius 3 is 3.14 bits per heavy atom. The van der Waals surface area contributed by atoms with Crippen LogP contribution in [0, 0.1) is 5.82 Å². The third-order valence-corrected chi connectivity index (χ3v) is 2.83. The van der Waals surface area contributed by atoms with Gasteiger partial charge in [0.1, 0.15) is 5.82 Å². The van der Waals surface area contributed by atoms with Crippen LogP contribution in [0.25, 0.3) is 10.9 Å². The van der Waals surface area contributed by atoms with Crippen molar-refractivity contribution in [3.05, 3.63) is 35.3 Å². The van der Waals surface area contributed by atoms with Crippen molar-refractivity contribution < 1.29 is 4.39 Å². The largest absolute Gasteiger partial charge is 0.355 e. The van der Waals surface area contributed by atoms with E-state index in [2.05, 4.69) is 10.3 Å². The highest BCUT2D eigenvalue weighted by molar-refractivity contribution is 5.85. The summed E-state index contributed by atoms with van der Waals surface area (Å²) in [4.78, 5) is 3.15. The number of benzene rings is 1. The van der Waals surface area contributed by atoms with Gasteiger partial charge in [0.2, 0.25) is 0 Å². The minimum Gasteiger partial charge on any atom is -0.355 e. The molecule has 0 amide bonds. The molecule has 3 heteroatoms. The maximum atomic E-state index is 13.4. The van der Waals surface area contributed by atoms with Gasteiger partial charge >= 0.3 is 0 Å². The SMILES string of the molecule is Fc1cccc2c3c([nH]c12)CNCC3. The minimum absolute atomic E-state index is 0.156. The Balaban J connectivity index is 2.36. The van der Waals surface area contributed by atoms with Crippen LogP contribution in [0.5, 0.6) is 0 Å². The van der Waals surface area contributed by atoms with Crippen molar-refractivity contribution >= 4 is 10.9 Å². The van der Waals surface area contributed by atoms with Crippen LogP contribution in [0.3, 0.4) is 0 Å². The Kier molecular flexibility index (Phi) is 1.61. The summed E-state index contributed by atoms with van der Waals surface area (Å²) in [6.07, 6.45) is 0.985. The number of hydrogen-bond donors (Lipinski definition) is 2. The van der Waals surface area contributed by atoms with Crippen molar-refractivity contribution in [2.75, 3.05) is 6.54 Å². The molecule has 0 unspecified atom stereocenters. The molecule has 0 spiro atoms. The molecule has 1 aliphatic heterocycles. The van der Waals surface area contributed by atoms with Gasteiger partial charge in [-0.2, -0.15) is 0 Å². The summed E-state index contributed by atoms with van der Waals surface area (Å²) >= 11 is 0. The van der Waals surface area contributed by atoms with Crippen molar-refractivity contribution in [2.24, 2.45) is 0 Å². The normalized spacial score (nSPS) is 15.8. The summed E-state index contributed by atoms with van der Waals surface area (Å²) < 4.78 is 13.4. The van der Waals surface area contributed by atoms with Gasteiger partial charge in [0, 0.05) is 17.6 Å². The number of hydrogen-bond acceptors (Lipinski definition) is 1. The van der Waals surface area contributed by atoms with Gasteiger partial charge in [0.25, 0.3) is 0 Å². The van der Waals surface area contributed by atoms with Crippen molar-refractivity contribution in [2.45, 2.75) is 13.0 Å². The number of aromatic amines is 1. The molecule has 14 heavy (non-hydrogen) atoms. The molecule has 0 fully saturated rings. The Hall–Kier alpha value is -1.35. The Bertz CT molecular complexity index is 487. The van der Waals surface area contributed by atoms with E-state index in [1.54, 1.807) is 6.07 Å². The van der Waals surface area contributed by atoms with Gasteiger partial charge in [0.05, 0.1) is 5.52 Å². The highest BCUT2D eigenvalue weighted by Crippen LogP contribution is 2.26. The summed E-state index contributed by atoms with van der Waals surface area (Å²) in [7, 11) is 0. The number of rotatable bonds is 0. The van der Waals surface area contributed by atoms with Crippen LogP contribution in [0.2, 0.25) is 0 Å². The van der Waals surface area contributed by atoms with Crippen LogP contribution in [0.4, 0.5) is 4.39 Å². The zero-order valence-corrected chi connectivity index (χ0v) is 7.73. The van der Waals surface area contributed by atoms with Crippen LogP contribution in [-0.4, -0.2) is 11.5 Å². The summed E-state index contributed by atoms with van der Waals surface area (Å²) in [5.74, 6) is -0.156. The third kappa shape index (κ3) is 0.990. The van der Waals surface area contributed by atoms with Crippen molar-refractivity contribution in [3.63, 3.8) is 0 Å². The minimum atomic E-state index is -0.156. The molecular weight excluding hydrogens is 179 g/mol. The van der Waals surface area contributed by atoms with Gasteiger partial charge in [-0.1, -0.05) is 12.1 Å². The molecule has 72 valence electrons. The molecule has 2 nitrogen and oxygen atoms in total. The van der Waals surface area contributed by atoms with E-state index in [4.69, 9.17) is 0 Å². The molecule has 2 aromatic rings. The summed E-state index contributed by atoms with van der Waals surface area (Å²) in [5, 5.41) is 4.31. The molecule has 0 radical (unpaired) electrons. The lowest BCUT2D eigenvalue weighted by Gasteiger charge is -2.12. The van der Waals surface area contributed by atoms with E-state index in [1.807, 2.05) is 6.07 Å². The second-order valence-corrected chi connectivity index (χ2v) is 3.67. The number of H-pyrrole nitrogens is 1. The Morgan fingerprint density at radius 1 is 1.29 bits per heavy atom. The van der Waals surface area contributed by atoms with E-state index in [9.17, 15) is 4.39 Å². The van der Waals surface area contributed by atoms with Crippen LogP contribution in [0.1, 0.15) is 11.3 Å². The molecule has 0 saturated heterocycles. The van der Waals surface area contributed by atoms with E-state index in [0.717, 1.165) is 30.6 Å². The number of halogens is 1. The van der Waals surface area contributed by atoms with E-state index in [0.29, 0.717) is 5.52 Å². The lowest BCUT2D eigenvalue weighted by molar-refractivity contribution is 0.630. The van der Waals surface area contributed by atoms with Gasteiger partial charge in [-0.15, -0.1) is 0 Å². The van der Waals surface area contributed by atoms with Crippen LogP contribution in [-0.2, 0) is 13.0 Å². The zero-order chi connectivity index (χ0) is 9.54. The van der Waals surface area contributed by atoms with E-state index >= 15 is 0 Å². The van der Waals surface area contributed by atoms with E-state index in [1.165, 1.54) is 11.6 Å².